The summed E-state index contributed by atoms with van der Waals surface area (Å²) < 4.78 is 0. The Morgan fingerprint density at radius 3 is 1.20 bits per heavy atom. The maximum Gasteiger partial charge on any atom is 0.161 e. The first-order valence-corrected chi connectivity index (χ1v) is 11.0. The van der Waals surface area contributed by atoms with E-state index in [2.05, 4.69) is 45.9 Å². The smallest absolute Gasteiger partial charge is 0.161 e. The van der Waals surface area contributed by atoms with Gasteiger partial charge in [0, 0.05) is 23.2 Å². The van der Waals surface area contributed by atoms with Crippen LogP contribution in [0.1, 0.15) is 0 Å². The number of hydrogen-bond acceptors (Lipinski definition) is 9. The van der Waals surface area contributed by atoms with Gasteiger partial charge < -0.3 is 16.0 Å². The quantitative estimate of drug-likeness (QED) is 0.294. The second kappa shape index (κ2) is 8.99. The summed E-state index contributed by atoms with van der Waals surface area (Å²) in [6.45, 7) is 0. The Balaban J connectivity index is 1.18. The summed E-state index contributed by atoms with van der Waals surface area (Å²) in [4.78, 5) is 26.9. The Morgan fingerprint density at radius 1 is 0.371 bits per heavy atom. The monoisotopic (exact) mass is 457 g/mol. The molecule has 0 unspecified atom stereocenters. The lowest BCUT2D eigenvalue weighted by atomic mass is 10.3. The predicted octanol–water partition coefficient (Wildman–Crippen LogP) is 5.59. The average molecular weight is 458 g/mol. The van der Waals surface area contributed by atoms with E-state index >= 15 is 0 Å². The third-order valence-electron chi connectivity index (χ3n) is 5.19. The van der Waals surface area contributed by atoms with Gasteiger partial charge in [0.25, 0.3) is 0 Å². The van der Waals surface area contributed by atoms with E-state index in [-0.39, 0.29) is 0 Å². The van der Waals surface area contributed by atoms with Crippen LogP contribution in [-0.4, -0.2) is 29.9 Å². The van der Waals surface area contributed by atoms with E-state index in [4.69, 9.17) is 0 Å². The van der Waals surface area contributed by atoms with Gasteiger partial charge in [0.2, 0.25) is 0 Å². The molecular formula is C26H19N9. The van der Waals surface area contributed by atoms with Gasteiger partial charge >= 0.3 is 0 Å². The first-order chi connectivity index (χ1) is 17.3. The van der Waals surface area contributed by atoms with Crippen molar-refractivity contribution in [3.8, 4) is 0 Å². The highest BCUT2D eigenvalue weighted by atomic mass is 15.1. The van der Waals surface area contributed by atoms with Gasteiger partial charge in [-0.15, -0.1) is 0 Å². The van der Waals surface area contributed by atoms with Crippen molar-refractivity contribution in [2.45, 2.75) is 0 Å². The molecule has 0 aromatic carbocycles. The van der Waals surface area contributed by atoms with E-state index in [1.54, 1.807) is 12.4 Å². The fourth-order valence-electron chi connectivity index (χ4n) is 3.59. The molecule has 0 amide bonds. The summed E-state index contributed by atoms with van der Waals surface area (Å²) in [6.07, 6.45) is 3.45. The molecular weight excluding hydrogens is 438 g/mol. The molecule has 0 radical (unpaired) electrons. The number of anilines is 6. The molecule has 0 aliphatic heterocycles. The molecule has 0 bridgehead atoms. The highest BCUT2D eigenvalue weighted by molar-refractivity contribution is 5.78. The molecule has 6 aromatic heterocycles. The number of hydrogen-bond donors (Lipinski definition) is 3. The molecule has 0 fully saturated rings. The fourth-order valence-corrected chi connectivity index (χ4v) is 3.59. The summed E-state index contributed by atoms with van der Waals surface area (Å²) in [5.41, 5.74) is 1.36. The first-order valence-electron chi connectivity index (χ1n) is 11.0. The number of aromatic nitrogens is 6. The molecule has 35 heavy (non-hydrogen) atoms. The zero-order valence-electron chi connectivity index (χ0n) is 18.4. The molecule has 168 valence electrons. The SMILES string of the molecule is c1cc(Nc2cccc(Nc3ccc4cccnc4n3)n2)nc(Nc2ccc3cccnc3n2)c1. The first kappa shape index (κ1) is 20.4. The lowest BCUT2D eigenvalue weighted by Crippen LogP contribution is -2.02. The van der Waals surface area contributed by atoms with Crippen molar-refractivity contribution in [1.82, 2.24) is 29.9 Å². The van der Waals surface area contributed by atoms with Crippen LogP contribution in [0.2, 0.25) is 0 Å². The lowest BCUT2D eigenvalue weighted by Gasteiger charge is -2.10. The van der Waals surface area contributed by atoms with Crippen LogP contribution in [0.3, 0.4) is 0 Å². The molecule has 9 nitrogen and oxygen atoms in total. The second-order valence-corrected chi connectivity index (χ2v) is 7.68. The van der Waals surface area contributed by atoms with Crippen LogP contribution in [-0.2, 0) is 0 Å². The second-order valence-electron chi connectivity index (χ2n) is 7.68. The normalized spacial score (nSPS) is 10.9. The van der Waals surface area contributed by atoms with Gasteiger partial charge in [-0.2, -0.15) is 0 Å². The number of pyridine rings is 6. The van der Waals surface area contributed by atoms with Crippen LogP contribution in [0.5, 0.6) is 0 Å². The molecule has 0 saturated carbocycles. The van der Waals surface area contributed by atoms with Crippen LogP contribution in [0, 0.1) is 0 Å². The van der Waals surface area contributed by atoms with Crippen molar-refractivity contribution in [1.29, 1.82) is 0 Å². The van der Waals surface area contributed by atoms with E-state index < -0.39 is 0 Å². The molecule has 6 aromatic rings. The number of nitrogens with zero attached hydrogens (tertiary/aromatic N) is 6. The number of nitrogens with one attached hydrogen (secondary N) is 3. The summed E-state index contributed by atoms with van der Waals surface area (Å²) in [7, 11) is 0. The van der Waals surface area contributed by atoms with Crippen LogP contribution in [0.25, 0.3) is 22.1 Å². The molecule has 3 N–H and O–H groups in total. The van der Waals surface area contributed by atoms with E-state index in [0.717, 1.165) is 10.8 Å². The topological polar surface area (TPSA) is 113 Å². The standard InChI is InChI=1S/C26H19N9/c1-7-19(30-21(9-1)32-23-13-11-17-5-3-15-27-25(17)34-23)29-20-8-2-10-22(31-20)33-24-14-12-18-6-4-16-28-26(18)35-24/h1-16H,(H3,27,28,29,30,31,32,33,34,35). The fraction of sp³-hybridized carbons (Fsp3) is 0. The van der Waals surface area contributed by atoms with Crippen LogP contribution < -0.4 is 16.0 Å². The Bertz CT molecular complexity index is 1530. The predicted molar refractivity (Wildman–Crippen MR) is 137 cm³/mol. The average Bonchev–Trinajstić information content (AvgIpc) is 2.89. The summed E-state index contributed by atoms with van der Waals surface area (Å²) in [5.74, 6) is 3.93. The van der Waals surface area contributed by atoms with Crippen LogP contribution in [0.4, 0.5) is 34.9 Å². The van der Waals surface area contributed by atoms with Crippen molar-refractivity contribution in [3.63, 3.8) is 0 Å². The van der Waals surface area contributed by atoms with Gasteiger partial charge in [0.05, 0.1) is 0 Å². The number of rotatable bonds is 6. The van der Waals surface area contributed by atoms with E-state index in [1.807, 2.05) is 84.9 Å². The Labute approximate surface area is 200 Å². The Hall–Kier alpha value is -5.18. The van der Waals surface area contributed by atoms with E-state index in [0.29, 0.717) is 46.2 Å². The zero-order valence-corrected chi connectivity index (χ0v) is 18.4. The summed E-state index contributed by atoms with van der Waals surface area (Å²) in [5, 5.41) is 11.7. The van der Waals surface area contributed by atoms with Gasteiger partial charge in [0.1, 0.15) is 34.9 Å². The third-order valence-corrected chi connectivity index (χ3v) is 5.19. The number of fused-ring (bicyclic) bond motifs is 2. The minimum atomic E-state index is 0.645. The largest absolute Gasteiger partial charge is 0.325 e. The summed E-state index contributed by atoms with van der Waals surface area (Å²) in [6, 6.07) is 26.8. The maximum atomic E-state index is 4.63. The highest BCUT2D eigenvalue weighted by Gasteiger charge is 2.05. The van der Waals surface area contributed by atoms with Crippen molar-refractivity contribution in [2.75, 3.05) is 16.0 Å². The molecule has 0 atom stereocenters. The van der Waals surface area contributed by atoms with E-state index in [9.17, 15) is 0 Å². The van der Waals surface area contributed by atoms with Gasteiger partial charge in [-0.05, 0) is 72.8 Å². The van der Waals surface area contributed by atoms with Gasteiger partial charge in [-0.3, -0.25) is 0 Å². The van der Waals surface area contributed by atoms with Gasteiger partial charge in [-0.25, -0.2) is 29.9 Å². The molecule has 6 heterocycles. The third kappa shape index (κ3) is 4.64. The highest BCUT2D eigenvalue weighted by Crippen LogP contribution is 2.21. The molecule has 0 aliphatic carbocycles. The van der Waals surface area contributed by atoms with Crippen molar-refractivity contribution in [2.24, 2.45) is 0 Å². The molecule has 0 saturated heterocycles. The minimum Gasteiger partial charge on any atom is -0.325 e. The Morgan fingerprint density at radius 2 is 0.771 bits per heavy atom. The Kier molecular flexibility index (Phi) is 5.25. The minimum absolute atomic E-state index is 0.645. The molecule has 0 spiro atoms. The molecule has 0 aliphatic rings. The zero-order chi connectivity index (χ0) is 23.5. The van der Waals surface area contributed by atoms with Crippen molar-refractivity contribution >= 4 is 57.0 Å². The molecule has 6 rings (SSSR count). The van der Waals surface area contributed by atoms with Crippen LogP contribution >= 0.6 is 0 Å². The van der Waals surface area contributed by atoms with Crippen molar-refractivity contribution < 1.29 is 0 Å². The van der Waals surface area contributed by atoms with E-state index in [1.165, 1.54) is 0 Å². The van der Waals surface area contributed by atoms with Gasteiger partial charge in [-0.1, -0.05) is 12.1 Å². The van der Waals surface area contributed by atoms with Crippen LogP contribution in [0.15, 0.2) is 97.3 Å². The lowest BCUT2D eigenvalue weighted by molar-refractivity contribution is 1.22. The maximum absolute atomic E-state index is 4.63. The van der Waals surface area contributed by atoms with Crippen molar-refractivity contribution in [3.05, 3.63) is 97.3 Å². The summed E-state index contributed by atoms with van der Waals surface area (Å²) >= 11 is 0. The van der Waals surface area contributed by atoms with Gasteiger partial charge in [0.15, 0.2) is 11.3 Å². The molecule has 9 heteroatoms.